The number of nitriles is 1. The van der Waals surface area contributed by atoms with Crippen LogP contribution in [0, 0.1) is 17.1 Å². The fourth-order valence-corrected chi connectivity index (χ4v) is 1.73. The van der Waals surface area contributed by atoms with Gasteiger partial charge in [-0.25, -0.2) is 9.18 Å². The first-order valence-corrected chi connectivity index (χ1v) is 5.13. The number of ether oxygens (including phenoxy) is 1. The zero-order valence-corrected chi connectivity index (χ0v) is 9.47. The van der Waals surface area contributed by atoms with Crippen LogP contribution in [0.3, 0.4) is 0 Å². The molecule has 0 saturated heterocycles. The molecule has 1 rings (SSSR count). The van der Waals surface area contributed by atoms with Crippen molar-refractivity contribution < 1.29 is 13.9 Å². The van der Waals surface area contributed by atoms with Crippen molar-refractivity contribution in [2.75, 3.05) is 7.11 Å². The zero-order valence-electron chi connectivity index (χ0n) is 7.88. The van der Waals surface area contributed by atoms with E-state index in [1.807, 2.05) is 6.07 Å². The number of carbonyl (C=O) groups is 1. The summed E-state index contributed by atoms with van der Waals surface area (Å²) in [6, 6.07) is 4.24. The average molecular weight is 272 g/mol. The second-order valence-corrected chi connectivity index (χ2v) is 3.25. The number of nitrogens with zero attached hydrogens (tertiary/aromatic N) is 1. The number of carbonyl (C=O) groups excluding carboxylic acids is 1. The topological polar surface area (TPSA) is 50.1 Å². The molecule has 3 nitrogen and oxygen atoms in total. The van der Waals surface area contributed by atoms with Gasteiger partial charge in [-0.2, -0.15) is 5.26 Å². The van der Waals surface area contributed by atoms with E-state index in [0.717, 1.165) is 6.07 Å². The minimum absolute atomic E-state index is 0.0168. The maximum atomic E-state index is 13.3. The highest BCUT2D eigenvalue weighted by Crippen LogP contribution is 2.21. The van der Waals surface area contributed by atoms with Gasteiger partial charge in [0.25, 0.3) is 0 Å². The van der Waals surface area contributed by atoms with Gasteiger partial charge in [-0.15, -0.1) is 0 Å². The lowest BCUT2D eigenvalue weighted by Gasteiger charge is -2.07. The molecule has 0 atom stereocenters. The van der Waals surface area contributed by atoms with Crippen LogP contribution in [-0.2, 0) is 10.1 Å². The van der Waals surface area contributed by atoms with Crippen LogP contribution in [0.15, 0.2) is 12.1 Å². The van der Waals surface area contributed by atoms with Crippen molar-refractivity contribution in [3.63, 3.8) is 0 Å². The SMILES string of the molecule is COC(=O)c1c(C#N)ccc(F)c1CBr. The van der Waals surface area contributed by atoms with E-state index in [0.29, 0.717) is 0 Å². The van der Waals surface area contributed by atoms with E-state index in [9.17, 15) is 9.18 Å². The van der Waals surface area contributed by atoms with Crippen LogP contribution >= 0.6 is 15.9 Å². The largest absolute Gasteiger partial charge is 0.465 e. The lowest BCUT2D eigenvalue weighted by molar-refractivity contribution is 0.0599. The maximum absolute atomic E-state index is 13.3. The van der Waals surface area contributed by atoms with Crippen molar-refractivity contribution in [3.05, 3.63) is 34.6 Å². The van der Waals surface area contributed by atoms with Crippen molar-refractivity contribution in [1.29, 1.82) is 5.26 Å². The third kappa shape index (κ3) is 2.16. The molecule has 0 saturated carbocycles. The lowest BCUT2D eigenvalue weighted by Crippen LogP contribution is -2.09. The number of rotatable bonds is 2. The zero-order chi connectivity index (χ0) is 11.4. The van der Waals surface area contributed by atoms with Crippen molar-refractivity contribution in [2.45, 2.75) is 5.33 Å². The van der Waals surface area contributed by atoms with Gasteiger partial charge >= 0.3 is 5.97 Å². The third-order valence-electron chi connectivity index (χ3n) is 1.90. The molecule has 0 unspecified atom stereocenters. The summed E-state index contributed by atoms with van der Waals surface area (Å²) in [5.74, 6) is -1.24. The summed E-state index contributed by atoms with van der Waals surface area (Å²) in [6.07, 6.45) is 0. The Morgan fingerprint density at radius 3 is 2.80 bits per heavy atom. The number of halogens is 2. The molecule has 0 amide bonds. The van der Waals surface area contributed by atoms with Crippen LogP contribution < -0.4 is 0 Å². The van der Waals surface area contributed by atoms with Gasteiger partial charge in [0, 0.05) is 10.9 Å². The van der Waals surface area contributed by atoms with E-state index < -0.39 is 11.8 Å². The van der Waals surface area contributed by atoms with E-state index >= 15 is 0 Å². The summed E-state index contributed by atoms with van der Waals surface area (Å²) in [4.78, 5) is 11.4. The Labute approximate surface area is 94.6 Å². The van der Waals surface area contributed by atoms with Crippen molar-refractivity contribution in [3.8, 4) is 6.07 Å². The Morgan fingerprint density at radius 1 is 1.67 bits per heavy atom. The molecule has 1 aromatic carbocycles. The number of esters is 1. The van der Waals surface area contributed by atoms with E-state index in [1.54, 1.807) is 0 Å². The number of benzene rings is 1. The highest BCUT2D eigenvalue weighted by molar-refractivity contribution is 9.08. The number of hydrogen-bond donors (Lipinski definition) is 0. The van der Waals surface area contributed by atoms with Crippen LogP contribution in [0.5, 0.6) is 0 Å². The summed E-state index contributed by atoms with van der Waals surface area (Å²) >= 11 is 3.06. The molecular weight excluding hydrogens is 265 g/mol. The van der Waals surface area contributed by atoms with Gasteiger partial charge < -0.3 is 4.74 Å². The fourth-order valence-electron chi connectivity index (χ4n) is 1.18. The first kappa shape index (κ1) is 11.7. The summed E-state index contributed by atoms with van der Waals surface area (Å²) in [7, 11) is 1.19. The Balaban J connectivity index is 3.49. The lowest BCUT2D eigenvalue weighted by atomic mass is 10.0. The second-order valence-electron chi connectivity index (χ2n) is 2.69. The molecule has 0 fully saturated rings. The normalized spacial score (nSPS) is 9.47. The fraction of sp³-hybridized carbons (Fsp3) is 0.200. The molecule has 78 valence electrons. The molecule has 1 aromatic rings. The van der Waals surface area contributed by atoms with Gasteiger partial charge in [-0.1, -0.05) is 15.9 Å². The van der Waals surface area contributed by atoms with E-state index in [4.69, 9.17) is 5.26 Å². The van der Waals surface area contributed by atoms with Gasteiger partial charge in [0.15, 0.2) is 0 Å². The van der Waals surface area contributed by atoms with Gasteiger partial charge in [0.05, 0.1) is 18.2 Å². The molecular formula is C10H7BrFNO2. The Morgan fingerprint density at radius 2 is 2.33 bits per heavy atom. The standard InChI is InChI=1S/C10H7BrFNO2/c1-15-10(14)9-6(5-13)2-3-8(12)7(9)4-11/h2-3H,4H2,1H3. The molecule has 0 aliphatic carbocycles. The van der Waals surface area contributed by atoms with E-state index in [-0.39, 0.29) is 22.0 Å². The number of methoxy groups -OCH3 is 1. The first-order chi connectivity index (χ1) is 7.15. The highest BCUT2D eigenvalue weighted by Gasteiger charge is 2.19. The highest BCUT2D eigenvalue weighted by atomic mass is 79.9. The molecule has 0 radical (unpaired) electrons. The summed E-state index contributed by atoms with van der Waals surface area (Å²) in [5, 5.41) is 8.93. The van der Waals surface area contributed by atoms with Gasteiger partial charge in [0.1, 0.15) is 11.9 Å². The van der Waals surface area contributed by atoms with E-state index in [2.05, 4.69) is 20.7 Å². The molecule has 5 heteroatoms. The monoisotopic (exact) mass is 271 g/mol. The van der Waals surface area contributed by atoms with Crippen molar-refractivity contribution in [2.24, 2.45) is 0 Å². The quantitative estimate of drug-likeness (QED) is 0.613. The minimum atomic E-state index is -0.708. The molecule has 0 bridgehead atoms. The van der Waals surface area contributed by atoms with Gasteiger partial charge in [-0.3, -0.25) is 0 Å². The molecule has 0 aliphatic heterocycles. The summed E-state index contributed by atoms with van der Waals surface area (Å²) < 4.78 is 17.8. The van der Waals surface area contributed by atoms with Crippen LogP contribution in [0.1, 0.15) is 21.5 Å². The molecule has 0 aliphatic rings. The summed E-state index contributed by atoms with van der Waals surface area (Å²) in [6.45, 7) is 0. The van der Waals surface area contributed by atoms with Gasteiger partial charge in [0.2, 0.25) is 0 Å². The summed E-state index contributed by atoms with van der Waals surface area (Å²) in [5.41, 5.74) is 0.232. The van der Waals surface area contributed by atoms with Crippen LogP contribution in [0.4, 0.5) is 4.39 Å². The molecule has 0 heterocycles. The maximum Gasteiger partial charge on any atom is 0.339 e. The van der Waals surface area contributed by atoms with Crippen molar-refractivity contribution in [1.82, 2.24) is 0 Å². The average Bonchev–Trinajstić information content (AvgIpc) is 2.27. The predicted octanol–water partition coefficient (Wildman–Crippen LogP) is 2.38. The molecule has 0 spiro atoms. The second kappa shape index (κ2) is 4.89. The van der Waals surface area contributed by atoms with E-state index in [1.165, 1.54) is 13.2 Å². The van der Waals surface area contributed by atoms with Crippen LogP contribution in [0.25, 0.3) is 0 Å². The van der Waals surface area contributed by atoms with Crippen molar-refractivity contribution >= 4 is 21.9 Å². The molecule has 0 N–H and O–H groups in total. The van der Waals surface area contributed by atoms with Crippen LogP contribution in [0.2, 0.25) is 0 Å². The molecule has 15 heavy (non-hydrogen) atoms. The van der Waals surface area contributed by atoms with Gasteiger partial charge in [-0.05, 0) is 12.1 Å². The molecule has 0 aromatic heterocycles. The minimum Gasteiger partial charge on any atom is -0.465 e. The number of alkyl halides is 1. The number of hydrogen-bond acceptors (Lipinski definition) is 3. The third-order valence-corrected chi connectivity index (χ3v) is 2.46. The Kier molecular flexibility index (Phi) is 3.81. The predicted molar refractivity (Wildman–Crippen MR) is 55.1 cm³/mol. The van der Waals surface area contributed by atoms with Crippen LogP contribution in [-0.4, -0.2) is 13.1 Å². The Hall–Kier alpha value is -1.41. The Bertz CT molecular complexity index is 440. The smallest absolute Gasteiger partial charge is 0.339 e. The first-order valence-electron chi connectivity index (χ1n) is 4.01.